The fraction of sp³-hybridized carbons (Fsp3) is 0.294. The van der Waals surface area contributed by atoms with Crippen LogP contribution in [0.5, 0.6) is 0 Å². The van der Waals surface area contributed by atoms with Gasteiger partial charge >= 0.3 is 5.97 Å². The summed E-state index contributed by atoms with van der Waals surface area (Å²) in [5.74, 6) is 0.0463. The zero-order valence-electron chi connectivity index (χ0n) is 13.7. The van der Waals surface area contributed by atoms with Gasteiger partial charge in [-0.05, 0) is 25.1 Å². The Morgan fingerprint density at radius 1 is 1.33 bits per heavy atom. The number of rotatable bonds is 6. The lowest BCUT2D eigenvalue weighted by atomic mass is 10.2. The van der Waals surface area contributed by atoms with Crippen molar-refractivity contribution < 1.29 is 23.1 Å². The molecule has 0 bridgehead atoms. The predicted molar refractivity (Wildman–Crippen MR) is 88.4 cm³/mol. The zero-order chi connectivity index (χ0) is 17.7. The molecule has 0 fully saturated rings. The average Bonchev–Trinajstić information content (AvgIpc) is 2.93. The van der Waals surface area contributed by atoms with Crippen molar-refractivity contribution in [2.75, 3.05) is 19.9 Å². The third-order valence-corrected chi connectivity index (χ3v) is 4.41. The van der Waals surface area contributed by atoms with Crippen LogP contribution in [-0.2, 0) is 16.1 Å². The summed E-state index contributed by atoms with van der Waals surface area (Å²) in [5, 5.41) is 0. The predicted octanol–water partition coefficient (Wildman–Crippen LogP) is 3.26. The first-order valence-electron chi connectivity index (χ1n) is 7.21. The summed E-state index contributed by atoms with van der Waals surface area (Å²) < 4.78 is 23.7. The highest BCUT2D eigenvalue weighted by molar-refractivity contribution is 8.00. The topological polar surface area (TPSA) is 59.8 Å². The summed E-state index contributed by atoms with van der Waals surface area (Å²) in [5.41, 5.74) is 0.342. The zero-order valence-corrected chi connectivity index (χ0v) is 14.5. The number of methoxy groups -OCH3 is 1. The Kier molecular flexibility index (Phi) is 6.03. The number of nitrogens with zero attached hydrogens (tertiary/aromatic N) is 1. The van der Waals surface area contributed by atoms with E-state index >= 15 is 0 Å². The number of esters is 1. The monoisotopic (exact) mass is 351 g/mol. The van der Waals surface area contributed by atoms with Crippen LogP contribution in [-0.4, -0.2) is 36.7 Å². The first-order chi connectivity index (χ1) is 11.4. The summed E-state index contributed by atoms with van der Waals surface area (Å²) in [6, 6.07) is 7.88. The first kappa shape index (κ1) is 18.1. The fourth-order valence-electron chi connectivity index (χ4n) is 2.07. The molecule has 1 aromatic carbocycles. The van der Waals surface area contributed by atoms with Gasteiger partial charge in [-0.25, -0.2) is 9.18 Å². The largest absolute Gasteiger partial charge is 0.465 e. The van der Waals surface area contributed by atoms with Crippen molar-refractivity contribution in [1.82, 2.24) is 4.90 Å². The summed E-state index contributed by atoms with van der Waals surface area (Å²) in [7, 11) is 2.92. The van der Waals surface area contributed by atoms with Crippen LogP contribution in [0.3, 0.4) is 0 Å². The number of carbonyl (C=O) groups excluding carboxylic acids is 2. The van der Waals surface area contributed by atoms with Crippen LogP contribution in [0.25, 0.3) is 0 Å². The third kappa shape index (κ3) is 4.38. The number of hydrogen-bond donors (Lipinski definition) is 0. The highest BCUT2D eigenvalue weighted by Gasteiger charge is 2.18. The second-order valence-corrected chi connectivity index (χ2v) is 6.16. The Balaban J connectivity index is 1.94. The van der Waals surface area contributed by atoms with Crippen molar-refractivity contribution in [1.29, 1.82) is 0 Å². The van der Waals surface area contributed by atoms with Crippen molar-refractivity contribution in [3.05, 3.63) is 53.2 Å². The van der Waals surface area contributed by atoms with Gasteiger partial charge in [0.25, 0.3) is 0 Å². The minimum atomic E-state index is -0.480. The molecule has 0 spiro atoms. The van der Waals surface area contributed by atoms with E-state index in [-0.39, 0.29) is 24.0 Å². The third-order valence-electron chi connectivity index (χ3n) is 3.38. The highest BCUT2D eigenvalue weighted by atomic mass is 32.2. The number of halogens is 1. The van der Waals surface area contributed by atoms with Gasteiger partial charge in [0.2, 0.25) is 5.91 Å². The Bertz CT molecular complexity index is 744. The Morgan fingerprint density at radius 3 is 2.71 bits per heavy atom. The first-order valence-corrected chi connectivity index (χ1v) is 8.20. The van der Waals surface area contributed by atoms with E-state index in [1.165, 1.54) is 18.1 Å². The summed E-state index contributed by atoms with van der Waals surface area (Å²) in [4.78, 5) is 25.6. The SMILES string of the molecule is COC(=O)c1cc(CN(C)C(=O)CSc2ccccc2F)oc1C. The molecule has 2 aromatic rings. The van der Waals surface area contributed by atoms with Crippen LogP contribution >= 0.6 is 11.8 Å². The smallest absolute Gasteiger partial charge is 0.341 e. The molecule has 1 aromatic heterocycles. The minimum absolute atomic E-state index is 0.112. The molecule has 0 radical (unpaired) electrons. The maximum absolute atomic E-state index is 13.5. The second kappa shape index (κ2) is 8.01. The van der Waals surface area contributed by atoms with Crippen LogP contribution in [0.2, 0.25) is 0 Å². The van der Waals surface area contributed by atoms with E-state index in [0.29, 0.717) is 22.0 Å². The second-order valence-electron chi connectivity index (χ2n) is 5.14. The van der Waals surface area contributed by atoms with E-state index in [1.54, 1.807) is 38.2 Å². The van der Waals surface area contributed by atoms with Crippen molar-refractivity contribution in [2.45, 2.75) is 18.4 Å². The molecule has 1 heterocycles. The van der Waals surface area contributed by atoms with Gasteiger partial charge in [-0.2, -0.15) is 0 Å². The number of hydrogen-bond acceptors (Lipinski definition) is 5. The lowest BCUT2D eigenvalue weighted by Gasteiger charge is -2.15. The molecule has 0 aliphatic heterocycles. The Hall–Kier alpha value is -2.28. The number of ether oxygens (including phenoxy) is 1. The molecule has 0 atom stereocenters. The molecular formula is C17H18FNO4S. The molecule has 0 N–H and O–H groups in total. The molecule has 0 saturated carbocycles. The summed E-state index contributed by atoms with van der Waals surface area (Å²) in [6.45, 7) is 1.88. The van der Waals surface area contributed by atoms with Gasteiger partial charge in [0.1, 0.15) is 22.9 Å². The van der Waals surface area contributed by atoms with Crippen LogP contribution < -0.4 is 0 Å². The van der Waals surface area contributed by atoms with Gasteiger partial charge in [0, 0.05) is 11.9 Å². The molecule has 0 saturated heterocycles. The van der Waals surface area contributed by atoms with Crippen LogP contribution in [0.1, 0.15) is 21.9 Å². The van der Waals surface area contributed by atoms with E-state index in [1.807, 2.05) is 0 Å². The number of aryl methyl sites for hydroxylation is 1. The molecule has 2 rings (SSSR count). The van der Waals surface area contributed by atoms with E-state index in [2.05, 4.69) is 4.74 Å². The summed E-state index contributed by atoms with van der Waals surface area (Å²) in [6.07, 6.45) is 0. The van der Waals surface area contributed by atoms with E-state index in [4.69, 9.17) is 4.42 Å². The van der Waals surface area contributed by atoms with Crippen molar-refractivity contribution in [3.8, 4) is 0 Å². The number of carbonyl (C=O) groups is 2. The molecule has 5 nitrogen and oxygen atoms in total. The number of furan rings is 1. The van der Waals surface area contributed by atoms with Gasteiger partial charge < -0.3 is 14.1 Å². The number of thioether (sulfide) groups is 1. The lowest BCUT2D eigenvalue weighted by molar-refractivity contribution is -0.127. The van der Waals surface area contributed by atoms with E-state index < -0.39 is 5.97 Å². The maximum atomic E-state index is 13.5. The van der Waals surface area contributed by atoms with Gasteiger partial charge in [0.15, 0.2) is 0 Å². The van der Waals surface area contributed by atoms with E-state index in [9.17, 15) is 14.0 Å². The van der Waals surface area contributed by atoms with Crippen molar-refractivity contribution in [3.63, 3.8) is 0 Å². The van der Waals surface area contributed by atoms with Crippen molar-refractivity contribution in [2.24, 2.45) is 0 Å². The molecule has 0 aliphatic carbocycles. The Morgan fingerprint density at radius 2 is 2.04 bits per heavy atom. The normalized spacial score (nSPS) is 10.5. The Labute approximate surface area is 143 Å². The maximum Gasteiger partial charge on any atom is 0.341 e. The fourth-order valence-corrected chi connectivity index (χ4v) is 2.95. The molecular weight excluding hydrogens is 333 g/mol. The number of benzene rings is 1. The molecule has 1 amide bonds. The van der Waals surface area contributed by atoms with Crippen LogP contribution in [0, 0.1) is 12.7 Å². The van der Waals surface area contributed by atoms with Crippen LogP contribution in [0.15, 0.2) is 39.6 Å². The van der Waals surface area contributed by atoms with Gasteiger partial charge in [-0.3, -0.25) is 4.79 Å². The summed E-state index contributed by atoms with van der Waals surface area (Å²) >= 11 is 1.14. The molecule has 24 heavy (non-hydrogen) atoms. The minimum Gasteiger partial charge on any atom is -0.465 e. The van der Waals surface area contributed by atoms with E-state index in [0.717, 1.165) is 11.8 Å². The van der Waals surface area contributed by atoms with Crippen LogP contribution in [0.4, 0.5) is 4.39 Å². The van der Waals surface area contributed by atoms with Gasteiger partial charge in [0.05, 0.1) is 19.4 Å². The standard InChI is InChI=1S/C17H18FNO4S/c1-11-13(17(21)22-3)8-12(23-11)9-19(2)16(20)10-24-15-7-5-4-6-14(15)18/h4-8H,9-10H2,1-3H3. The molecule has 128 valence electrons. The molecule has 0 unspecified atom stereocenters. The van der Waals surface area contributed by atoms with Gasteiger partial charge in [-0.15, -0.1) is 11.8 Å². The van der Waals surface area contributed by atoms with Gasteiger partial charge in [-0.1, -0.05) is 12.1 Å². The quantitative estimate of drug-likeness (QED) is 0.590. The highest BCUT2D eigenvalue weighted by Crippen LogP contribution is 2.22. The van der Waals surface area contributed by atoms with Crippen molar-refractivity contribution >= 4 is 23.6 Å². The molecule has 7 heteroatoms. The average molecular weight is 351 g/mol. The number of amides is 1. The molecule has 0 aliphatic rings. The lowest BCUT2D eigenvalue weighted by Crippen LogP contribution is -2.27.